The van der Waals surface area contributed by atoms with Gasteiger partial charge < -0.3 is 10.2 Å². The monoisotopic (exact) mass is 265 g/mol. The van der Waals surface area contributed by atoms with Crippen LogP contribution in [0.3, 0.4) is 0 Å². The molecule has 0 spiro atoms. The Bertz CT molecular complexity index is 378. The first-order valence-corrected chi connectivity index (χ1v) is 8.13. The lowest BCUT2D eigenvalue weighted by molar-refractivity contribution is 0.231. The second kappa shape index (κ2) is 5.57. The fourth-order valence-corrected chi connectivity index (χ4v) is 4.21. The highest BCUT2D eigenvalue weighted by Gasteiger charge is 2.31. The van der Waals surface area contributed by atoms with E-state index in [0.717, 1.165) is 24.9 Å². The first kappa shape index (κ1) is 12.4. The fourth-order valence-electron chi connectivity index (χ4n) is 3.36. The van der Waals surface area contributed by atoms with Crippen LogP contribution < -0.4 is 10.2 Å². The Morgan fingerprint density at radius 1 is 1.39 bits per heavy atom. The summed E-state index contributed by atoms with van der Waals surface area (Å²) < 4.78 is 0. The lowest BCUT2D eigenvalue weighted by Gasteiger charge is -2.41. The number of aromatic nitrogens is 1. The van der Waals surface area contributed by atoms with E-state index in [1.807, 2.05) is 11.3 Å². The Morgan fingerprint density at radius 3 is 2.89 bits per heavy atom. The molecular weight excluding hydrogens is 242 g/mol. The summed E-state index contributed by atoms with van der Waals surface area (Å²) in [5.74, 6) is 1.86. The molecule has 2 aliphatic rings. The minimum atomic E-state index is 0.910. The Morgan fingerprint density at radius 2 is 2.17 bits per heavy atom. The number of piperidine rings is 1. The number of hydrogen-bond donors (Lipinski definition) is 1. The van der Waals surface area contributed by atoms with Crippen LogP contribution in [0.25, 0.3) is 0 Å². The van der Waals surface area contributed by atoms with Crippen molar-refractivity contribution in [2.75, 3.05) is 24.5 Å². The van der Waals surface area contributed by atoms with E-state index in [9.17, 15) is 0 Å². The smallest absolute Gasteiger partial charge is 0.185 e. The molecule has 1 aliphatic carbocycles. The maximum Gasteiger partial charge on any atom is 0.185 e. The van der Waals surface area contributed by atoms with Crippen LogP contribution in [0, 0.1) is 11.8 Å². The largest absolute Gasteiger partial charge is 0.348 e. The van der Waals surface area contributed by atoms with E-state index in [4.69, 9.17) is 4.98 Å². The van der Waals surface area contributed by atoms with Crippen LogP contribution in [0.4, 0.5) is 5.13 Å². The fraction of sp³-hybridized carbons (Fsp3) is 0.786. The van der Waals surface area contributed by atoms with Crippen molar-refractivity contribution in [3.8, 4) is 0 Å². The van der Waals surface area contributed by atoms with Crippen molar-refractivity contribution in [1.82, 2.24) is 10.3 Å². The normalized spacial score (nSPS) is 27.5. The second-order valence-corrected chi connectivity index (χ2v) is 6.54. The number of anilines is 1. The third kappa shape index (κ3) is 2.69. The van der Waals surface area contributed by atoms with Gasteiger partial charge in [0.1, 0.15) is 0 Å². The minimum Gasteiger partial charge on any atom is -0.348 e. The molecule has 2 atom stereocenters. The molecule has 1 aliphatic heterocycles. The molecule has 2 heterocycles. The predicted molar refractivity (Wildman–Crippen MR) is 77.2 cm³/mol. The lowest BCUT2D eigenvalue weighted by atomic mass is 9.78. The Kier molecular flexibility index (Phi) is 3.85. The molecule has 100 valence electrons. The minimum absolute atomic E-state index is 0.910. The SMILES string of the molecule is CCNCc1csc(N2CC3CCCC(C3)C2)n1. The van der Waals surface area contributed by atoms with Crippen LogP contribution in [0.2, 0.25) is 0 Å². The predicted octanol–water partition coefficient (Wildman–Crippen LogP) is 2.88. The summed E-state index contributed by atoms with van der Waals surface area (Å²) in [6.07, 6.45) is 5.78. The van der Waals surface area contributed by atoms with Crippen molar-refractivity contribution in [2.24, 2.45) is 11.8 Å². The van der Waals surface area contributed by atoms with Crippen LogP contribution in [0.5, 0.6) is 0 Å². The summed E-state index contributed by atoms with van der Waals surface area (Å²) in [6.45, 7) is 6.54. The van der Waals surface area contributed by atoms with E-state index in [0.29, 0.717) is 0 Å². The molecule has 2 fully saturated rings. The van der Waals surface area contributed by atoms with Gasteiger partial charge in [-0.1, -0.05) is 13.3 Å². The van der Waals surface area contributed by atoms with Crippen molar-refractivity contribution in [3.63, 3.8) is 0 Å². The molecule has 1 saturated carbocycles. The third-order valence-corrected chi connectivity index (χ3v) is 5.17. The summed E-state index contributed by atoms with van der Waals surface area (Å²) in [7, 11) is 0. The van der Waals surface area contributed by atoms with Gasteiger partial charge in [-0.15, -0.1) is 11.3 Å². The topological polar surface area (TPSA) is 28.2 Å². The van der Waals surface area contributed by atoms with Crippen molar-refractivity contribution in [2.45, 2.75) is 39.2 Å². The zero-order valence-corrected chi connectivity index (χ0v) is 12.0. The maximum atomic E-state index is 4.78. The highest BCUT2D eigenvalue weighted by atomic mass is 32.1. The van der Waals surface area contributed by atoms with Crippen molar-refractivity contribution in [3.05, 3.63) is 11.1 Å². The van der Waals surface area contributed by atoms with Gasteiger partial charge in [0.25, 0.3) is 0 Å². The zero-order chi connectivity index (χ0) is 12.4. The molecule has 3 rings (SSSR count). The molecular formula is C14H23N3S. The Labute approximate surface area is 114 Å². The molecule has 1 aromatic heterocycles. The van der Waals surface area contributed by atoms with Gasteiger partial charge in [-0.2, -0.15) is 0 Å². The van der Waals surface area contributed by atoms with E-state index in [1.54, 1.807) is 0 Å². The van der Waals surface area contributed by atoms with Crippen LogP contribution in [-0.2, 0) is 6.54 Å². The quantitative estimate of drug-likeness (QED) is 0.907. The standard InChI is InChI=1S/C14H23N3S/c1-2-15-7-13-10-18-14(16-13)17-8-11-4-3-5-12(6-11)9-17/h10-12,15H,2-9H2,1H3. The van der Waals surface area contributed by atoms with Crippen molar-refractivity contribution < 1.29 is 0 Å². The molecule has 0 radical (unpaired) electrons. The Balaban J connectivity index is 1.65. The van der Waals surface area contributed by atoms with E-state index in [-0.39, 0.29) is 0 Å². The third-order valence-electron chi connectivity index (χ3n) is 4.21. The number of hydrogen-bond acceptors (Lipinski definition) is 4. The zero-order valence-electron chi connectivity index (χ0n) is 11.2. The van der Waals surface area contributed by atoms with Gasteiger partial charge in [-0.25, -0.2) is 4.98 Å². The molecule has 1 N–H and O–H groups in total. The lowest BCUT2D eigenvalue weighted by Crippen LogP contribution is -2.42. The first-order valence-electron chi connectivity index (χ1n) is 7.25. The average Bonchev–Trinajstić information content (AvgIpc) is 2.84. The van der Waals surface area contributed by atoms with Gasteiger partial charge in [0.05, 0.1) is 5.69 Å². The van der Waals surface area contributed by atoms with Gasteiger partial charge in [-0.05, 0) is 37.6 Å². The summed E-state index contributed by atoms with van der Waals surface area (Å²) in [6, 6.07) is 0. The number of fused-ring (bicyclic) bond motifs is 2. The van der Waals surface area contributed by atoms with E-state index < -0.39 is 0 Å². The van der Waals surface area contributed by atoms with E-state index in [2.05, 4.69) is 22.5 Å². The van der Waals surface area contributed by atoms with Crippen molar-refractivity contribution >= 4 is 16.5 Å². The van der Waals surface area contributed by atoms with Gasteiger partial charge in [-0.3, -0.25) is 0 Å². The average molecular weight is 265 g/mol. The van der Waals surface area contributed by atoms with Crippen LogP contribution in [-0.4, -0.2) is 24.6 Å². The van der Waals surface area contributed by atoms with E-state index in [1.165, 1.54) is 49.6 Å². The van der Waals surface area contributed by atoms with Crippen molar-refractivity contribution in [1.29, 1.82) is 0 Å². The first-order chi connectivity index (χ1) is 8.85. The molecule has 0 amide bonds. The molecule has 0 aromatic carbocycles. The van der Waals surface area contributed by atoms with E-state index >= 15 is 0 Å². The van der Waals surface area contributed by atoms with Gasteiger partial charge in [0.2, 0.25) is 0 Å². The second-order valence-electron chi connectivity index (χ2n) is 5.71. The molecule has 1 saturated heterocycles. The summed E-state index contributed by atoms with van der Waals surface area (Å²) in [5.41, 5.74) is 1.20. The number of thiazole rings is 1. The summed E-state index contributed by atoms with van der Waals surface area (Å²) in [5, 5.41) is 6.81. The molecule has 4 heteroatoms. The molecule has 2 unspecified atom stereocenters. The number of nitrogens with one attached hydrogen (secondary N) is 1. The maximum absolute atomic E-state index is 4.78. The highest BCUT2D eigenvalue weighted by Crippen LogP contribution is 2.37. The molecule has 3 nitrogen and oxygen atoms in total. The van der Waals surface area contributed by atoms with Crippen LogP contribution in [0.1, 0.15) is 38.3 Å². The molecule has 1 aromatic rings. The Hall–Kier alpha value is -0.610. The number of nitrogens with zero attached hydrogens (tertiary/aromatic N) is 2. The molecule has 2 bridgehead atoms. The van der Waals surface area contributed by atoms with Gasteiger partial charge in [0.15, 0.2) is 5.13 Å². The van der Waals surface area contributed by atoms with Crippen LogP contribution in [0.15, 0.2) is 5.38 Å². The van der Waals surface area contributed by atoms with Gasteiger partial charge >= 0.3 is 0 Å². The van der Waals surface area contributed by atoms with Crippen LogP contribution >= 0.6 is 11.3 Å². The molecule has 18 heavy (non-hydrogen) atoms. The van der Waals surface area contributed by atoms with Gasteiger partial charge in [0, 0.05) is 25.0 Å². The number of rotatable bonds is 4. The summed E-state index contributed by atoms with van der Waals surface area (Å²) >= 11 is 1.82. The highest BCUT2D eigenvalue weighted by molar-refractivity contribution is 7.13. The summed E-state index contributed by atoms with van der Waals surface area (Å²) in [4.78, 5) is 7.32.